The molecule has 4 rings (SSSR count). The van der Waals surface area contributed by atoms with Crippen LogP contribution in [0.1, 0.15) is 17.2 Å². The zero-order valence-electron chi connectivity index (χ0n) is 13.4. The number of aromatic nitrogens is 3. The van der Waals surface area contributed by atoms with E-state index in [1.165, 1.54) is 0 Å². The quantitative estimate of drug-likeness (QED) is 0.800. The second-order valence-corrected chi connectivity index (χ2v) is 6.17. The van der Waals surface area contributed by atoms with Gasteiger partial charge in [-0.3, -0.25) is 9.69 Å². The summed E-state index contributed by atoms with van der Waals surface area (Å²) in [5, 5.41) is 20.2. The van der Waals surface area contributed by atoms with Crippen LogP contribution in [0.25, 0.3) is 10.8 Å². The van der Waals surface area contributed by atoms with E-state index in [0.29, 0.717) is 19.6 Å². The average molecular weight is 322 g/mol. The molecule has 0 bridgehead atoms. The van der Waals surface area contributed by atoms with Crippen molar-refractivity contribution in [3.63, 3.8) is 0 Å². The molecule has 1 aliphatic rings. The van der Waals surface area contributed by atoms with Gasteiger partial charge in [0.15, 0.2) is 0 Å². The van der Waals surface area contributed by atoms with Crippen molar-refractivity contribution in [2.24, 2.45) is 0 Å². The summed E-state index contributed by atoms with van der Waals surface area (Å²) in [6.07, 6.45) is 0. The molecule has 0 amide bonds. The molecule has 1 atom stereocenters. The molecule has 2 heterocycles. The van der Waals surface area contributed by atoms with Crippen molar-refractivity contribution in [3.05, 3.63) is 59.7 Å². The monoisotopic (exact) mass is 322 g/mol. The third-order valence-electron chi connectivity index (χ3n) is 4.69. The SMILES string of the molecule is Cc1nnc2n1CC(C(=O)O)N(Cc1cccc3ccccc13)C2. The zero-order chi connectivity index (χ0) is 16.7. The van der Waals surface area contributed by atoms with Gasteiger partial charge in [0.1, 0.15) is 17.7 Å². The highest BCUT2D eigenvalue weighted by Gasteiger charge is 2.33. The first-order valence-corrected chi connectivity index (χ1v) is 7.95. The maximum atomic E-state index is 11.8. The van der Waals surface area contributed by atoms with Crippen molar-refractivity contribution in [2.45, 2.75) is 32.6 Å². The maximum absolute atomic E-state index is 11.8. The molecule has 0 saturated carbocycles. The number of hydrogen-bond acceptors (Lipinski definition) is 4. The molecular formula is C18H18N4O2. The van der Waals surface area contributed by atoms with E-state index in [0.717, 1.165) is 28.0 Å². The Morgan fingerprint density at radius 2 is 2.00 bits per heavy atom. The lowest BCUT2D eigenvalue weighted by Gasteiger charge is -2.33. The molecule has 2 aromatic carbocycles. The van der Waals surface area contributed by atoms with E-state index in [1.54, 1.807) is 0 Å². The van der Waals surface area contributed by atoms with E-state index in [1.807, 2.05) is 34.6 Å². The minimum Gasteiger partial charge on any atom is -0.480 e. The van der Waals surface area contributed by atoms with Crippen LogP contribution in [0.5, 0.6) is 0 Å². The molecule has 1 unspecified atom stereocenters. The number of fused-ring (bicyclic) bond motifs is 2. The fourth-order valence-electron chi connectivity index (χ4n) is 3.41. The summed E-state index contributed by atoms with van der Waals surface area (Å²) >= 11 is 0. The molecule has 122 valence electrons. The molecular weight excluding hydrogens is 304 g/mol. The molecule has 1 aromatic heterocycles. The van der Waals surface area contributed by atoms with Gasteiger partial charge in [0.05, 0.1) is 13.1 Å². The van der Waals surface area contributed by atoms with Gasteiger partial charge in [0.2, 0.25) is 0 Å². The van der Waals surface area contributed by atoms with Gasteiger partial charge in [-0.2, -0.15) is 0 Å². The predicted octanol–water partition coefficient (Wildman–Crippen LogP) is 2.21. The molecule has 3 aromatic rings. The molecule has 0 aliphatic carbocycles. The first-order valence-electron chi connectivity index (χ1n) is 7.95. The lowest BCUT2D eigenvalue weighted by molar-refractivity contribution is -0.145. The Bertz CT molecular complexity index is 913. The van der Waals surface area contributed by atoms with E-state index < -0.39 is 12.0 Å². The first-order chi connectivity index (χ1) is 11.6. The largest absolute Gasteiger partial charge is 0.480 e. The standard InChI is InChI=1S/C18H18N4O2/c1-12-19-20-17-11-21(16(18(23)24)10-22(12)17)9-14-7-4-6-13-5-2-3-8-15(13)14/h2-8,16H,9-11H2,1H3,(H,23,24). The summed E-state index contributed by atoms with van der Waals surface area (Å²) in [6.45, 7) is 3.30. The van der Waals surface area contributed by atoms with Gasteiger partial charge < -0.3 is 9.67 Å². The number of nitrogens with zero attached hydrogens (tertiary/aromatic N) is 4. The fourth-order valence-corrected chi connectivity index (χ4v) is 3.41. The summed E-state index contributed by atoms with van der Waals surface area (Å²) in [4.78, 5) is 13.7. The smallest absolute Gasteiger partial charge is 0.322 e. The van der Waals surface area contributed by atoms with Crippen LogP contribution in [0, 0.1) is 6.92 Å². The predicted molar refractivity (Wildman–Crippen MR) is 89.4 cm³/mol. The van der Waals surface area contributed by atoms with Crippen molar-refractivity contribution in [2.75, 3.05) is 0 Å². The normalized spacial score (nSPS) is 17.8. The number of aliphatic carboxylic acids is 1. The third kappa shape index (κ3) is 2.45. The molecule has 0 radical (unpaired) electrons. The number of hydrogen-bond donors (Lipinski definition) is 1. The average Bonchev–Trinajstić information content (AvgIpc) is 2.95. The summed E-state index contributed by atoms with van der Waals surface area (Å²) in [5.41, 5.74) is 1.13. The number of aryl methyl sites for hydroxylation is 1. The Morgan fingerprint density at radius 3 is 2.83 bits per heavy atom. The van der Waals surface area contributed by atoms with Crippen LogP contribution in [0.3, 0.4) is 0 Å². The Hall–Kier alpha value is -2.73. The van der Waals surface area contributed by atoms with Crippen LogP contribution in [0.4, 0.5) is 0 Å². The zero-order valence-corrected chi connectivity index (χ0v) is 13.4. The van der Waals surface area contributed by atoms with E-state index in [-0.39, 0.29) is 0 Å². The van der Waals surface area contributed by atoms with Gasteiger partial charge in [-0.15, -0.1) is 10.2 Å². The van der Waals surface area contributed by atoms with Crippen molar-refractivity contribution < 1.29 is 9.90 Å². The summed E-state index contributed by atoms with van der Waals surface area (Å²) < 4.78 is 1.90. The van der Waals surface area contributed by atoms with E-state index in [2.05, 4.69) is 34.5 Å². The number of rotatable bonds is 3. The second kappa shape index (κ2) is 5.72. The number of carboxylic acids is 1. The lowest BCUT2D eigenvalue weighted by atomic mass is 10.0. The van der Waals surface area contributed by atoms with Gasteiger partial charge in [-0.1, -0.05) is 42.5 Å². The van der Waals surface area contributed by atoms with Gasteiger partial charge in [0, 0.05) is 6.54 Å². The van der Waals surface area contributed by atoms with E-state index in [9.17, 15) is 9.90 Å². The molecule has 6 heteroatoms. The highest BCUT2D eigenvalue weighted by molar-refractivity contribution is 5.85. The summed E-state index contributed by atoms with van der Waals surface area (Å²) in [5.74, 6) is 0.778. The lowest BCUT2D eigenvalue weighted by Crippen LogP contribution is -2.47. The van der Waals surface area contributed by atoms with Crippen LogP contribution in [0.2, 0.25) is 0 Å². The highest BCUT2D eigenvalue weighted by atomic mass is 16.4. The Kier molecular flexibility index (Phi) is 3.54. The molecule has 6 nitrogen and oxygen atoms in total. The Labute approximate surface area is 139 Å². The Balaban J connectivity index is 1.70. The van der Waals surface area contributed by atoms with Crippen molar-refractivity contribution in [1.82, 2.24) is 19.7 Å². The minimum absolute atomic E-state index is 0.383. The van der Waals surface area contributed by atoms with Crippen LogP contribution < -0.4 is 0 Å². The second-order valence-electron chi connectivity index (χ2n) is 6.17. The summed E-state index contributed by atoms with van der Waals surface area (Å²) in [6, 6.07) is 13.8. The summed E-state index contributed by atoms with van der Waals surface area (Å²) in [7, 11) is 0. The van der Waals surface area contributed by atoms with Crippen LogP contribution in [-0.2, 0) is 24.4 Å². The van der Waals surface area contributed by atoms with Gasteiger partial charge in [-0.25, -0.2) is 0 Å². The van der Waals surface area contributed by atoms with Crippen molar-refractivity contribution >= 4 is 16.7 Å². The first kappa shape index (κ1) is 14.8. The van der Waals surface area contributed by atoms with E-state index >= 15 is 0 Å². The Morgan fingerprint density at radius 1 is 1.21 bits per heavy atom. The molecule has 0 spiro atoms. The van der Waals surface area contributed by atoms with Crippen molar-refractivity contribution in [1.29, 1.82) is 0 Å². The number of benzene rings is 2. The van der Waals surface area contributed by atoms with Crippen LogP contribution >= 0.6 is 0 Å². The van der Waals surface area contributed by atoms with Gasteiger partial charge >= 0.3 is 5.97 Å². The van der Waals surface area contributed by atoms with Crippen LogP contribution in [0.15, 0.2) is 42.5 Å². The topological polar surface area (TPSA) is 71.2 Å². The molecule has 1 aliphatic heterocycles. The minimum atomic E-state index is -0.811. The van der Waals surface area contributed by atoms with E-state index in [4.69, 9.17) is 0 Å². The number of carboxylic acid groups (broad SMARTS) is 1. The van der Waals surface area contributed by atoms with Gasteiger partial charge in [0.25, 0.3) is 0 Å². The molecule has 24 heavy (non-hydrogen) atoms. The molecule has 1 N–H and O–H groups in total. The van der Waals surface area contributed by atoms with Gasteiger partial charge in [-0.05, 0) is 23.3 Å². The third-order valence-corrected chi connectivity index (χ3v) is 4.69. The molecule has 0 saturated heterocycles. The van der Waals surface area contributed by atoms with Crippen LogP contribution in [-0.4, -0.2) is 36.8 Å². The fraction of sp³-hybridized carbons (Fsp3) is 0.278. The molecule has 0 fully saturated rings. The highest BCUT2D eigenvalue weighted by Crippen LogP contribution is 2.24. The maximum Gasteiger partial charge on any atom is 0.322 e. The number of carbonyl (C=O) groups is 1. The van der Waals surface area contributed by atoms with Crippen molar-refractivity contribution in [3.8, 4) is 0 Å².